The zero-order valence-electron chi connectivity index (χ0n) is 10.7. The lowest BCUT2D eigenvalue weighted by Crippen LogP contribution is -2.43. The summed E-state index contributed by atoms with van der Waals surface area (Å²) in [5.74, 6) is -0.121. The van der Waals surface area contributed by atoms with Crippen LogP contribution in [0.4, 0.5) is 0 Å². The number of imidazole rings is 1. The van der Waals surface area contributed by atoms with Crippen molar-refractivity contribution in [1.29, 1.82) is 0 Å². The molecular weight excluding hydrogens is 240 g/mol. The first-order valence-corrected chi connectivity index (χ1v) is 6.28. The van der Waals surface area contributed by atoms with Crippen molar-refractivity contribution in [2.24, 2.45) is 5.73 Å². The summed E-state index contributed by atoms with van der Waals surface area (Å²) < 4.78 is 1.91. The summed E-state index contributed by atoms with van der Waals surface area (Å²) in [6, 6.07) is 9.26. The van der Waals surface area contributed by atoms with Crippen molar-refractivity contribution in [3.63, 3.8) is 0 Å². The predicted molar refractivity (Wildman–Crippen MR) is 73.4 cm³/mol. The molecular formula is C14H18N4O. The molecule has 5 heteroatoms. The van der Waals surface area contributed by atoms with Gasteiger partial charge in [-0.1, -0.05) is 30.3 Å². The van der Waals surface area contributed by atoms with Crippen LogP contribution in [0.5, 0.6) is 0 Å². The van der Waals surface area contributed by atoms with E-state index in [1.54, 1.807) is 12.5 Å². The second-order valence-corrected chi connectivity index (χ2v) is 4.39. The average Bonchev–Trinajstić information content (AvgIpc) is 2.93. The summed E-state index contributed by atoms with van der Waals surface area (Å²) >= 11 is 0. The SMILES string of the molecule is N[C@@H](Cc1ccccc1)C(=O)NCCn1ccnc1. The van der Waals surface area contributed by atoms with Gasteiger partial charge in [-0.05, 0) is 12.0 Å². The van der Waals surface area contributed by atoms with Gasteiger partial charge in [0.05, 0.1) is 12.4 Å². The summed E-state index contributed by atoms with van der Waals surface area (Å²) in [7, 11) is 0. The van der Waals surface area contributed by atoms with Crippen LogP contribution in [0.25, 0.3) is 0 Å². The minimum absolute atomic E-state index is 0.121. The first kappa shape index (κ1) is 13.3. The lowest BCUT2D eigenvalue weighted by atomic mass is 10.1. The third-order valence-corrected chi connectivity index (χ3v) is 2.86. The van der Waals surface area contributed by atoms with E-state index in [1.165, 1.54) is 0 Å². The summed E-state index contributed by atoms with van der Waals surface area (Å²) in [6.07, 6.45) is 5.84. The first-order chi connectivity index (χ1) is 9.25. The van der Waals surface area contributed by atoms with E-state index < -0.39 is 6.04 Å². The molecule has 0 fully saturated rings. The highest BCUT2D eigenvalue weighted by atomic mass is 16.2. The molecule has 0 aliphatic heterocycles. The highest BCUT2D eigenvalue weighted by Crippen LogP contribution is 2.01. The molecule has 1 aromatic heterocycles. The van der Waals surface area contributed by atoms with E-state index in [0.29, 0.717) is 19.5 Å². The highest BCUT2D eigenvalue weighted by Gasteiger charge is 2.13. The van der Waals surface area contributed by atoms with Gasteiger partial charge in [0.2, 0.25) is 5.91 Å². The molecule has 1 atom stereocenters. The Morgan fingerprint density at radius 2 is 2.16 bits per heavy atom. The number of rotatable bonds is 6. The van der Waals surface area contributed by atoms with Gasteiger partial charge < -0.3 is 15.6 Å². The van der Waals surface area contributed by atoms with Crippen LogP contribution >= 0.6 is 0 Å². The maximum Gasteiger partial charge on any atom is 0.237 e. The summed E-state index contributed by atoms with van der Waals surface area (Å²) in [5, 5.41) is 2.83. The van der Waals surface area contributed by atoms with Crippen LogP contribution < -0.4 is 11.1 Å². The molecule has 3 N–H and O–H groups in total. The van der Waals surface area contributed by atoms with E-state index >= 15 is 0 Å². The smallest absolute Gasteiger partial charge is 0.237 e. The predicted octanol–water partition coefficient (Wildman–Crippen LogP) is 0.569. The van der Waals surface area contributed by atoms with Crippen LogP contribution in [0.15, 0.2) is 49.1 Å². The van der Waals surface area contributed by atoms with Crippen molar-refractivity contribution in [3.8, 4) is 0 Å². The third-order valence-electron chi connectivity index (χ3n) is 2.86. The topological polar surface area (TPSA) is 72.9 Å². The van der Waals surface area contributed by atoms with Crippen LogP contribution in [0.3, 0.4) is 0 Å². The third kappa shape index (κ3) is 4.22. The van der Waals surface area contributed by atoms with Crippen molar-refractivity contribution in [1.82, 2.24) is 14.9 Å². The maximum atomic E-state index is 11.8. The fraction of sp³-hybridized carbons (Fsp3) is 0.286. The number of hydrogen-bond acceptors (Lipinski definition) is 3. The summed E-state index contributed by atoms with van der Waals surface area (Å²) in [6.45, 7) is 1.25. The highest BCUT2D eigenvalue weighted by molar-refractivity contribution is 5.81. The van der Waals surface area contributed by atoms with Crippen LogP contribution in [-0.4, -0.2) is 28.0 Å². The molecule has 1 amide bonds. The Bertz CT molecular complexity index is 495. The Morgan fingerprint density at radius 3 is 2.84 bits per heavy atom. The lowest BCUT2D eigenvalue weighted by Gasteiger charge is -2.12. The zero-order chi connectivity index (χ0) is 13.5. The van der Waals surface area contributed by atoms with Crippen LogP contribution in [0, 0.1) is 0 Å². The number of benzene rings is 1. The molecule has 19 heavy (non-hydrogen) atoms. The summed E-state index contributed by atoms with van der Waals surface area (Å²) in [5.41, 5.74) is 6.95. The molecule has 0 spiro atoms. The monoisotopic (exact) mass is 258 g/mol. The molecule has 0 unspecified atom stereocenters. The molecule has 1 aromatic carbocycles. The van der Waals surface area contributed by atoms with Gasteiger partial charge in [0.1, 0.15) is 0 Å². The number of carbonyl (C=O) groups excluding carboxylic acids is 1. The minimum Gasteiger partial charge on any atom is -0.353 e. The average molecular weight is 258 g/mol. The number of hydrogen-bond donors (Lipinski definition) is 2. The van der Waals surface area contributed by atoms with Gasteiger partial charge in [-0.3, -0.25) is 4.79 Å². The van der Waals surface area contributed by atoms with E-state index in [2.05, 4.69) is 10.3 Å². The minimum atomic E-state index is -0.509. The fourth-order valence-corrected chi connectivity index (χ4v) is 1.82. The molecule has 0 saturated carbocycles. The fourth-order valence-electron chi connectivity index (χ4n) is 1.82. The van der Waals surface area contributed by atoms with Gasteiger partial charge in [-0.2, -0.15) is 0 Å². The molecule has 1 heterocycles. The van der Waals surface area contributed by atoms with Gasteiger partial charge in [-0.25, -0.2) is 4.98 Å². The van der Waals surface area contributed by atoms with E-state index in [4.69, 9.17) is 5.73 Å². The van der Waals surface area contributed by atoms with Crippen LogP contribution in [0.2, 0.25) is 0 Å². The van der Waals surface area contributed by atoms with E-state index in [1.807, 2.05) is 41.1 Å². The normalized spacial score (nSPS) is 12.1. The molecule has 0 radical (unpaired) electrons. The molecule has 2 aromatic rings. The molecule has 2 rings (SSSR count). The second kappa shape index (κ2) is 6.70. The number of nitrogens with one attached hydrogen (secondary N) is 1. The molecule has 0 saturated heterocycles. The molecule has 0 aliphatic carbocycles. The zero-order valence-corrected chi connectivity index (χ0v) is 10.7. The molecule has 0 bridgehead atoms. The quantitative estimate of drug-likeness (QED) is 0.795. The maximum absolute atomic E-state index is 11.8. The number of aromatic nitrogens is 2. The summed E-state index contributed by atoms with van der Waals surface area (Å²) in [4.78, 5) is 15.8. The van der Waals surface area contributed by atoms with E-state index in [-0.39, 0.29) is 5.91 Å². The van der Waals surface area contributed by atoms with Crippen molar-refractivity contribution in [2.45, 2.75) is 19.0 Å². The largest absolute Gasteiger partial charge is 0.353 e. The van der Waals surface area contributed by atoms with Gasteiger partial charge >= 0.3 is 0 Å². The van der Waals surface area contributed by atoms with Gasteiger partial charge in [0, 0.05) is 25.5 Å². The number of nitrogens with two attached hydrogens (primary N) is 1. The van der Waals surface area contributed by atoms with E-state index in [0.717, 1.165) is 5.56 Å². The second-order valence-electron chi connectivity index (χ2n) is 4.39. The lowest BCUT2D eigenvalue weighted by molar-refractivity contribution is -0.122. The Hall–Kier alpha value is -2.14. The molecule has 100 valence electrons. The Balaban J connectivity index is 1.73. The Kier molecular flexibility index (Phi) is 4.69. The standard InChI is InChI=1S/C14H18N4O/c15-13(10-12-4-2-1-3-5-12)14(19)17-7-9-18-8-6-16-11-18/h1-6,8,11,13H,7,9-10,15H2,(H,17,19)/t13-/m0/s1. The van der Waals surface area contributed by atoms with E-state index in [9.17, 15) is 4.79 Å². The van der Waals surface area contributed by atoms with Crippen molar-refractivity contribution in [2.75, 3.05) is 6.54 Å². The number of amides is 1. The van der Waals surface area contributed by atoms with Gasteiger partial charge in [-0.15, -0.1) is 0 Å². The van der Waals surface area contributed by atoms with Gasteiger partial charge in [0.15, 0.2) is 0 Å². The molecule has 5 nitrogen and oxygen atoms in total. The first-order valence-electron chi connectivity index (χ1n) is 6.28. The van der Waals surface area contributed by atoms with Gasteiger partial charge in [0.25, 0.3) is 0 Å². The Labute approximate surface area is 112 Å². The van der Waals surface area contributed by atoms with Crippen LogP contribution in [0.1, 0.15) is 5.56 Å². The Morgan fingerprint density at radius 1 is 1.37 bits per heavy atom. The van der Waals surface area contributed by atoms with Crippen molar-refractivity contribution < 1.29 is 4.79 Å². The number of carbonyl (C=O) groups is 1. The number of nitrogens with zero attached hydrogens (tertiary/aromatic N) is 2. The van der Waals surface area contributed by atoms with Crippen molar-refractivity contribution in [3.05, 3.63) is 54.6 Å². The van der Waals surface area contributed by atoms with Crippen molar-refractivity contribution >= 4 is 5.91 Å². The van der Waals surface area contributed by atoms with Crippen LogP contribution in [-0.2, 0) is 17.8 Å². The molecule has 0 aliphatic rings.